The number of nitrogens with zero attached hydrogens (tertiary/aromatic N) is 1. The fourth-order valence-corrected chi connectivity index (χ4v) is 2.98. The Balaban J connectivity index is 1.86. The van der Waals surface area contributed by atoms with Crippen LogP contribution in [0.15, 0.2) is 0 Å². The van der Waals surface area contributed by atoms with Gasteiger partial charge in [-0.25, -0.2) is 0 Å². The van der Waals surface area contributed by atoms with Gasteiger partial charge in [0.15, 0.2) is 0 Å². The van der Waals surface area contributed by atoms with E-state index in [1.54, 1.807) is 0 Å². The summed E-state index contributed by atoms with van der Waals surface area (Å²) in [5, 5.41) is 4.29. The molecule has 1 saturated heterocycles. The van der Waals surface area contributed by atoms with E-state index in [-0.39, 0.29) is 0 Å². The van der Waals surface area contributed by atoms with Crippen LogP contribution in [0.25, 0.3) is 0 Å². The summed E-state index contributed by atoms with van der Waals surface area (Å²) >= 11 is 2.10. The Morgan fingerprint density at radius 1 is 1.44 bits per heavy atom. The molecule has 0 aliphatic carbocycles. The highest BCUT2D eigenvalue weighted by molar-refractivity contribution is 7.99. The van der Waals surface area contributed by atoms with Crippen molar-refractivity contribution in [3.05, 3.63) is 0 Å². The predicted octanol–water partition coefficient (Wildman–Crippen LogP) is 1.44. The van der Waals surface area contributed by atoms with Crippen LogP contribution in [-0.2, 0) is 4.74 Å². The fourth-order valence-electron chi connectivity index (χ4n) is 1.90. The van der Waals surface area contributed by atoms with Gasteiger partial charge in [-0.1, -0.05) is 6.92 Å². The minimum Gasteiger partial charge on any atom is -0.382 e. The summed E-state index contributed by atoms with van der Waals surface area (Å²) in [7, 11) is 0. The van der Waals surface area contributed by atoms with Gasteiger partial charge in [-0.05, 0) is 19.9 Å². The molecular weight excluding hydrogens is 220 g/mol. The monoisotopic (exact) mass is 246 g/mol. The highest BCUT2D eigenvalue weighted by Crippen LogP contribution is 2.16. The maximum absolute atomic E-state index is 5.29. The molecule has 3 nitrogen and oxygen atoms in total. The number of rotatable bonds is 8. The second-order valence-electron chi connectivity index (χ2n) is 4.28. The summed E-state index contributed by atoms with van der Waals surface area (Å²) < 4.78 is 5.29. The molecule has 96 valence electrons. The van der Waals surface area contributed by atoms with E-state index < -0.39 is 0 Å². The largest absolute Gasteiger partial charge is 0.382 e. The maximum Gasteiger partial charge on any atom is 0.0477 e. The molecule has 0 aromatic carbocycles. The summed E-state index contributed by atoms with van der Waals surface area (Å²) in [5.41, 5.74) is 0. The third-order valence-electron chi connectivity index (χ3n) is 2.78. The van der Waals surface area contributed by atoms with E-state index in [9.17, 15) is 0 Å². The average Bonchev–Trinajstić information content (AvgIpc) is 2.28. The van der Waals surface area contributed by atoms with E-state index in [4.69, 9.17) is 4.74 Å². The molecule has 0 bridgehead atoms. The van der Waals surface area contributed by atoms with Crippen LogP contribution in [0.2, 0.25) is 0 Å². The lowest BCUT2D eigenvalue weighted by atomic mass is 10.3. The summed E-state index contributed by atoms with van der Waals surface area (Å²) in [6, 6.07) is 0. The van der Waals surface area contributed by atoms with Crippen molar-refractivity contribution in [2.24, 2.45) is 0 Å². The number of hydrogen-bond acceptors (Lipinski definition) is 4. The molecular formula is C12H26N2OS. The van der Waals surface area contributed by atoms with Crippen LogP contribution in [0, 0.1) is 0 Å². The lowest BCUT2D eigenvalue weighted by Gasteiger charge is -2.30. The summed E-state index contributed by atoms with van der Waals surface area (Å²) in [6.07, 6.45) is 1.13. The minimum absolute atomic E-state index is 0.812. The van der Waals surface area contributed by atoms with Gasteiger partial charge in [-0.3, -0.25) is 0 Å². The first kappa shape index (κ1) is 14.3. The molecule has 1 rings (SSSR count). The fraction of sp³-hybridized carbons (Fsp3) is 1.00. The van der Waals surface area contributed by atoms with E-state index in [1.165, 1.54) is 25.4 Å². The summed E-state index contributed by atoms with van der Waals surface area (Å²) in [6.45, 7) is 12.0. The van der Waals surface area contributed by atoms with Crippen molar-refractivity contribution in [3.63, 3.8) is 0 Å². The van der Waals surface area contributed by atoms with Gasteiger partial charge in [0.1, 0.15) is 0 Å². The number of hydrogen-bond donors (Lipinski definition) is 1. The van der Waals surface area contributed by atoms with Crippen LogP contribution in [-0.4, -0.2) is 61.8 Å². The molecule has 1 unspecified atom stereocenters. The van der Waals surface area contributed by atoms with Crippen molar-refractivity contribution in [3.8, 4) is 0 Å². The smallest absolute Gasteiger partial charge is 0.0477 e. The lowest BCUT2D eigenvalue weighted by molar-refractivity contribution is 0.144. The van der Waals surface area contributed by atoms with E-state index in [0.29, 0.717) is 0 Å². The average molecular weight is 246 g/mol. The normalized spacial score (nSPS) is 22.5. The predicted molar refractivity (Wildman–Crippen MR) is 72.3 cm³/mol. The van der Waals surface area contributed by atoms with Gasteiger partial charge in [0.25, 0.3) is 0 Å². The first-order valence-electron chi connectivity index (χ1n) is 6.45. The van der Waals surface area contributed by atoms with Gasteiger partial charge in [0.2, 0.25) is 0 Å². The van der Waals surface area contributed by atoms with Gasteiger partial charge in [0, 0.05) is 50.4 Å². The third kappa shape index (κ3) is 6.74. The molecule has 0 aromatic heterocycles. The molecule has 0 amide bonds. The summed E-state index contributed by atoms with van der Waals surface area (Å²) in [4.78, 5) is 2.57. The Kier molecular flexibility index (Phi) is 8.29. The van der Waals surface area contributed by atoms with Crippen molar-refractivity contribution in [2.45, 2.75) is 25.5 Å². The standard InChI is InChI=1S/C12H26N2OS/c1-3-15-9-4-5-13-6-7-14-8-10-16-12(2)11-14/h12-13H,3-11H2,1-2H3. The zero-order valence-corrected chi connectivity index (χ0v) is 11.5. The molecule has 0 radical (unpaired) electrons. The van der Waals surface area contributed by atoms with E-state index >= 15 is 0 Å². The molecule has 1 N–H and O–H groups in total. The second kappa shape index (κ2) is 9.28. The van der Waals surface area contributed by atoms with Crippen LogP contribution in [0.1, 0.15) is 20.3 Å². The van der Waals surface area contributed by atoms with Crippen molar-refractivity contribution >= 4 is 11.8 Å². The molecule has 1 heterocycles. The van der Waals surface area contributed by atoms with Gasteiger partial charge in [0.05, 0.1) is 0 Å². The van der Waals surface area contributed by atoms with Crippen LogP contribution in [0.3, 0.4) is 0 Å². The van der Waals surface area contributed by atoms with Gasteiger partial charge in [-0.2, -0.15) is 11.8 Å². The first-order valence-corrected chi connectivity index (χ1v) is 7.50. The van der Waals surface area contributed by atoms with Crippen LogP contribution >= 0.6 is 11.8 Å². The number of nitrogens with one attached hydrogen (secondary N) is 1. The number of thioether (sulfide) groups is 1. The Labute approximate surface area is 104 Å². The second-order valence-corrected chi connectivity index (χ2v) is 5.83. The van der Waals surface area contributed by atoms with Gasteiger partial charge in [-0.15, -0.1) is 0 Å². The van der Waals surface area contributed by atoms with E-state index in [2.05, 4.69) is 28.9 Å². The molecule has 1 fully saturated rings. The highest BCUT2D eigenvalue weighted by atomic mass is 32.2. The quantitative estimate of drug-likeness (QED) is 0.655. The molecule has 1 aliphatic rings. The first-order chi connectivity index (χ1) is 7.83. The van der Waals surface area contributed by atoms with Crippen molar-refractivity contribution in [1.29, 1.82) is 0 Å². The van der Waals surface area contributed by atoms with E-state index in [0.717, 1.165) is 38.0 Å². The maximum atomic E-state index is 5.29. The van der Waals surface area contributed by atoms with Crippen molar-refractivity contribution in [1.82, 2.24) is 10.2 Å². The minimum atomic E-state index is 0.812. The van der Waals surface area contributed by atoms with E-state index in [1.807, 2.05) is 6.92 Å². The zero-order chi connectivity index (χ0) is 11.6. The van der Waals surface area contributed by atoms with Crippen molar-refractivity contribution < 1.29 is 4.74 Å². The Bertz CT molecular complexity index is 169. The van der Waals surface area contributed by atoms with Crippen LogP contribution in [0.4, 0.5) is 0 Å². The lowest BCUT2D eigenvalue weighted by Crippen LogP contribution is -2.40. The Hall–Kier alpha value is 0.230. The highest BCUT2D eigenvalue weighted by Gasteiger charge is 2.15. The molecule has 0 spiro atoms. The number of ether oxygens (including phenoxy) is 1. The van der Waals surface area contributed by atoms with Crippen molar-refractivity contribution in [2.75, 3.05) is 51.7 Å². The molecule has 0 aromatic rings. The molecule has 1 aliphatic heterocycles. The molecule has 16 heavy (non-hydrogen) atoms. The third-order valence-corrected chi connectivity index (χ3v) is 3.91. The molecule has 0 saturated carbocycles. The molecule has 1 atom stereocenters. The van der Waals surface area contributed by atoms with Crippen LogP contribution < -0.4 is 5.32 Å². The topological polar surface area (TPSA) is 24.5 Å². The summed E-state index contributed by atoms with van der Waals surface area (Å²) in [5.74, 6) is 1.30. The van der Waals surface area contributed by atoms with Gasteiger partial charge < -0.3 is 15.0 Å². The zero-order valence-electron chi connectivity index (χ0n) is 10.7. The Morgan fingerprint density at radius 3 is 3.06 bits per heavy atom. The SMILES string of the molecule is CCOCCCNCCN1CCSC(C)C1. The molecule has 4 heteroatoms. The van der Waals surface area contributed by atoms with Crippen LogP contribution in [0.5, 0.6) is 0 Å². The van der Waals surface area contributed by atoms with Gasteiger partial charge >= 0.3 is 0 Å². The Morgan fingerprint density at radius 2 is 2.31 bits per heavy atom.